The van der Waals surface area contributed by atoms with Gasteiger partial charge < -0.3 is 20.1 Å². The van der Waals surface area contributed by atoms with Crippen molar-refractivity contribution in [2.75, 3.05) is 25.6 Å². The standard InChI is InChI=1S/C18H22N4O4/c1-4-25-17(24)15-11-20-18(21-12(15)2)22-13-5-7-14(8-6-13)26-10-9-16(23)19-3/h5-8,11H,4,9-10H2,1-3H3,(H,19,23)(H,20,21,22). The largest absolute Gasteiger partial charge is 0.493 e. The maximum Gasteiger partial charge on any atom is 0.341 e. The fraction of sp³-hybridized carbons (Fsp3) is 0.333. The number of amides is 1. The first-order valence-corrected chi connectivity index (χ1v) is 8.24. The minimum Gasteiger partial charge on any atom is -0.493 e. The molecule has 0 aliphatic carbocycles. The van der Waals surface area contributed by atoms with Crippen LogP contribution in [0.4, 0.5) is 11.6 Å². The SMILES string of the molecule is CCOC(=O)c1cnc(Nc2ccc(OCCC(=O)NC)cc2)nc1C. The number of ether oxygens (including phenoxy) is 2. The average Bonchev–Trinajstić information content (AvgIpc) is 2.63. The number of hydrogen-bond donors (Lipinski definition) is 2. The van der Waals surface area contributed by atoms with Crippen LogP contribution in [0, 0.1) is 6.92 Å². The molecular weight excluding hydrogens is 336 g/mol. The maximum absolute atomic E-state index is 11.8. The van der Waals surface area contributed by atoms with Crippen molar-refractivity contribution >= 4 is 23.5 Å². The van der Waals surface area contributed by atoms with Crippen LogP contribution in [-0.2, 0) is 9.53 Å². The van der Waals surface area contributed by atoms with Gasteiger partial charge in [0.15, 0.2) is 0 Å². The van der Waals surface area contributed by atoms with Crippen LogP contribution < -0.4 is 15.4 Å². The Hall–Kier alpha value is -3.16. The van der Waals surface area contributed by atoms with Gasteiger partial charge in [-0.25, -0.2) is 14.8 Å². The van der Waals surface area contributed by atoms with Crippen LogP contribution in [0.1, 0.15) is 29.4 Å². The summed E-state index contributed by atoms with van der Waals surface area (Å²) in [6, 6.07) is 7.19. The van der Waals surface area contributed by atoms with Crippen molar-refractivity contribution in [2.45, 2.75) is 20.3 Å². The number of aromatic nitrogens is 2. The molecule has 1 heterocycles. The number of esters is 1. The van der Waals surface area contributed by atoms with Crippen LogP contribution in [0.3, 0.4) is 0 Å². The van der Waals surface area contributed by atoms with Crippen molar-refractivity contribution < 1.29 is 19.1 Å². The van der Waals surface area contributed by atoms with Crippen molar-refractivity contribution in [3.05, 3.63) is 41.7 Å². The van der Waals surface area contributed by atoms with Crippen LogP contribution >= 0.6 is 0 Å². The van der Waals surface area contributed by atoms with Crippen molar-refractivity contribution in [2.24, 2.45) is 0 Å². The Labute approximate surface area is 151 Å². The quantitative estimate of drug-likeness (QED) is 0.698. The molecule has 0 aliphatic heterocycles. The lowest BCUT2D eigenvalue weighted by Gasteiger charge is -2.09. The van der Waals surface area contributed by atoms with Crippen molar-refractivity contribution in [3.8, 4) is 5.75 Å². The summed E-state index contributed by atoms with van der Waals surface area (Å²) in [5, 5.41) is 5.60. The van der Waals surface area contributed by atoms with E-state index in [1.54, 1.807) is 33.0 Å². The third kappa shape index (κ3) is 5.44. The van der Waals surface area contributed by atoms with Gasteiger partial charge in [0.05, 0.1) is 30.9 Å². The average molecular weight is 358 g/mol. The van der Waals surface area contributed by atoms with Gasteiger partial charge in [-0.15, -0.1) is 0 Å². The number of rotatable bonds is 8. The molecule has 1 aromatic heterocycles. The van der Waals surface area contributed by atoms with E-state index in [1.165, 1.54) is 6.20 Å². The van der Waals surface area contributed by atoms with Crippen LogP contribution in [0.25, 0.3) is 0 Å². The highest BCUT2D eigenvalue weighted by Crippen LogP contribution is 2.19. The Morgan fingerprint density at radius 1 is 1.19 bits per heavy atom. The van der Waals surface area contributed by atoms with E-state index in [4.69, 9.17) is 9.47 Å². The number of nitrogens with one attached hydrogen (secondary N) is 2. The van der Waals surface area contributed by atoms with E-state index in [-0.39, 0.29) is 5.91 Å². The predicted octanol–water partition coefficient (Wildman–Crippen LogP) is 2.22. The van der Waals surface area contributed by atoms with Crippen molar-refractivity contribution in [1.29, 1.82) is 0 Å². The molecule has 26 heavy (non-hydrogen) atoms. The van der Waals surface area contributed by atoms with Gasteiger partial charge in [0.2, 0.25) is 11.9 Å². The summed E-state index contributed by atoms with van der Waals surface area (Å²) in [6.45, 7) is 4.08. The van der Waals surface area contributed by atoms with E-state index in [0.717, 1.165) is 5.69 Å². The second-order valence-electron chi connectivity index (χ2n) is 5.33. The number of anilines is 2. The van der Waals surface area contributed by atoms with Crippen molar-refractivity contribution in [1.82, 2.24) is 15.3 Å². The van der Waals surface area contributed by atoms with Gasteiger partial charge >= 0.3 is 5.97 Å². The summed E-state index contributed by atoms with van der Waals surface area (Å²) >= 11 is 0. The van der Waals surface area contributed by atoms with Gasteiger partial charge in [0, 0.05) is 18.9 Å². The summed E-state index contributed by atoms with van der Waals surface area (Å²) < 4.78 is 10.5. The zero-order chi connectivity index (χ0) is 18.9. The van der Waals surface area contributed by atoms with Gasteiger partial charge in [-0.1, -0.05) is 0 Å². The zero-order valence-corrected chi connectivity index (χ0v) is 15.0. The molecule has 0 saturated carbocycles. The Bertz CT molecular complexity index is 762. The number of nitrogens with zero attached hydrogens (tertiary/aromatic N) is 2. The predicted molar refractivity (Wildman–Crippen MR) is 96.6 cm³/mol. The first-order valence-electron chi connectivity index (χ1n) is 8.24. The highest BCUT2D eigenvalue weighted by molar-refractivity contribution is 5.90. The molecule has 0 bridgehead atoms. The highest BCUT2D eigenvalue weighted by Gasteiger charge is 2.12. The lowest BCUT2D eigenvalue weighted by atomic mass is 10.2. The molecule has 0 unspecified atom stereocenters. The lowest BCUT2D eigenvalue weighted by molar-refractivity contribution is -0.121. The first-order chi connectivity index (χ1) is 12.5. The second kappa shape index (κ2) is 9.36. The molecule has 0 radical (unpaired) electrons. The minimum atomic E-state index is -0.435. The van der Waals surface area contributed by atoms with Gasteiger partial charge in [-0.2, -0.15) is 0 Å². The van der Waals surface area contributed by atoms with Crippen LogP contribution in [0.15, 0.2) is 30.5 Å². The summed E-state index contributed by atoms with van der Waals surface area (Å²) in [6.07, 6.45) is 1.75. The molecular formula is C18H22N4O4. The van der Waals surface area contributed by atoms with E-state index < -0.39 is 5.97 Å². The Morgan fingerprint density at radius 3 is 2.54 bits per heavy atom. The fourth-order valence-corrected chi connectivity index (χ4v) is 2.09. The number of hydrogen-bond acceptors (Lipinski definition) is 7. The molecule has 2 aromatic rings. The third-order valence-corrected chi connectivity index (χ3v) is 3.46. The molecule has 0 aliphatic rings. The van der Waals surface area contributed by atoms with E-state index in [2.05, 4.69) is 20.6 Å². The molecule has 8 nitrogen and oxygen atoms in total. The van der Waals surface area contributed by atoms with Gasteiger partial charge in [0.25, 0.3) is 0 Å². The van der Waals surface area contributed by atoms with E-state index >= 15 is 0 Å². The Morgan fingerprint density at radius 2 is 1.92 bits per heavy atom. The summed E-state index contributed by atoms with van der Waals surface area (Å²) in [5.74, 6) is 0.537. The molecule has 1 aromatic carbocycles. The second-order valence-corrected chi connectivity index (χ2v) is 5.33. The molecule has 0 saturated heterocycles. The number of carbonyl (C=O) groups excluding carboxylic acids is 2. The van der Waals surface area contributed by atoms with Crippen LogP contribution in [-0.4, -0.2) is 42.1 Å². The van der Waals surface area contributed by atoms with Crippen LogP contribution in [0.5, 0.6) is 5.75 Å². The topological polar surface area (TPSA) is 102 Å². The molecule has 0 atom stereocenters. The Kier molecular flexibility index (Phi) is 6.90. The lowest BCUT2D eigenvalue weighted by Crippen LogP contribution is -2.20. The highest BCUT2D eigenvalue weighted by atomic mass is 16.5. The Balaban J connectivity index is 1.95. The van der Waals surface area contributed by atoms with Crippen LogP contribution in [0.2, 0.25) is 0 Å². The maximum atomic E-state index is 11.8. The smallest absolute Gasteiger partial charge is 0.341 e. The number of aryl methyl sites for hydroxylation is 1. The van der Waals surface area contributed by atoms with Gasteiger partial charge in [-0.3, -0.25) is 4.79 Å². The van der Waals surface area contributed by atoms with Crippen molar-refractivity contribution in [3.63, 3.8) is 0 Å². The van der Waals surface area contributed by atoms with E-state index in [1.807, 2.05) is 12.1 Å². The fourth-order valence-electron chi connectivity index (χ4n) is 2.09. The first kappa shape index (κ1) is 19.2. The molecule has 2 rings (SSSR count). The minimum absolute atomic E-state index is 0.0675. The van der Waals surface area contributed by atoms with Gasteiger partial charge in [-0.05, 0) is 38.1 Å². The normalized spacial score (nSPS) is 10.1. The zero-order valence-electron chi connectivity index (χ0n) is 15.0. The third-order valence-electron chi connectivity index (χ3n) is 3.46. The molecule has 138 valence electrons. The van der Waals surface area contributed by atoms with Gasteiger partial charge in [0.1, 0.15) is 5.75 Å². The summed E-state index contributed by atoms with van der Waals surface area (Å²) in [4.78, 5) is 31.3. The molecule has 8 heteroatoms. The number of benzene rings is 1. The van der Waals surface area contributed by atoms with E-state index in [9.17, 15) is 9.59 Å². The molecule has 0 fully saturated rings. The number of carbonyl (C=O) groups is 2. The summed E-state index contributed by atoms with van der Waals surface area (Å²) in [7, 11) is 1.59. The molecule has 2 N–H and O–H groups in total. The summed E-state index contributed by atoms with van der Waals surface area (Å²) in [5.41, 5.74) is 1.65. The monoisotopic (exact) mass is 358 g/mol. The van der Waals surface area contributed by atoms with E-state index in [0.29, 0.717) is 42.6 Å². The molecule has 1 amide bonds. The molecule has 0 spiro atoms.